The highest BCUT2D eigenvalue weighted by Crippen LogP contribution is 2.24. The standard InChI is InChI=1S/C18H19Cl2N3S/c1-13-4-2-3-5-17(13)22-6-8-23(9-7-22)18(24)21-16-11-14(19)10-15(20)12-16/h2-5,10-12H,6-9H2,1H3,(H,21,24). The summed E-state index contributed by atoms with van der Waals surface area (Å²) in [6.07, 6.45) is 0. The van der Waals surface area contributed by atoms with Gasteiger partial charge in [0.05, 0.1) is 0 Å². The molecule has 0 radical (unpaired) electrons. The number of nitrogens with one attached hydrogen (secondary N) is 1. The molecule has 1 saturated heterocycles. The fourth-order valence-electron chi connectivity index (χ4n) is 2.90. The number of rotatable bonds is 2. The van der Waals surface area contributed by atoms with Gasteiger partial charge in [0, 0.05) is 47.6 Å². The summed E-state index contributed by atoms with van der Waals surface area (Å²) in [5.41, 5.74) is 3.43. The van der Waals surface area contributed by atoms with E-state index in [1.807, 2.05) is 12.1 Å². The Balaban J connectivity index is 1.60. The molecule has 6 heteroatoms. The normalized spacial score (nSPS) is 14.6. The van der Waals surface area contributed by atoms with Crippen LogP contribution in [0.15, 0.2) is 42.5 Å². The molecule has 0 aromatic heterocycles. The lowest BCUT2D eigenvalue weighted by Gasteiger charge is -2.38. The maximum Gasteiger partial charge on any atom is 0.173 e. The summed E-state index contributed by atoms with van der Waals surface area (Å²) >= 11 is 17.6. The molecule has 1 fully saturated rings. The molecule has 0 bridgehead atoms. The lowest BCUT2D eigenvalue weighted by atomic mass is 10.1. The molecule has 0 saturated carbocycles. The second kappa shape index (κ2) is 7.60. The minimum absolute atomic E-state index is 0.595. The highest BCUT2D eigenvalue weighted by Gasteiger charge is 2.20. The predicted octanol–water partition coefficient (Wildman–Crippen LogP) is 4.82. The quantitative estimate of drug-likeness (QED) is 0.753. The van der Waals surface area contributed by atoms with Gasteiger partial charge < -0.3 is 15.1 Å². The van der Waals surface area contributed by atoms with Gasteiger partial charge in [0.15, 0.2) is 5.11 Å². The average molecular weight is 380 g/mol. The molecule has 0 spiro atoms. The van der Waals surface area contributed by atoms with Crippen LogP contribution in [0.4, 0.5) is 11.4 Å². The summed E-state index contributed by atoms with van der Waals surface area (Å²) in [5.74, 6) is 0. The zero-order chi connectivity index (χ0) is 17.1. The van der Waals surface area contributed by atoms with E-state index in [0.29, 0.717) is 15.2 Å². The summed E-state index contributed by atoms with van der Waals surface area (Å²) in [4.78, 5) is 4.59. The summed E-state index contributed by atoms with van der Waals surface area (Å²) in [5, 5.41) is 5.12. The van der Waals surface area contributed by atoms with Gasteiger partial charge in [-0.1, -0.05) is 41.4 Å². The first-order valence-electron chi connectivity index (χ1n) is 7.85. The molecule has 0 atom stereocenters. The molecular weight excluding hydrogens is 361 g/mol. The summed E-state index contributed by atoms with van der Waals surface area (Å²) in [6, 6.07) is 13.8. The summed E-state index contributed by atoms with van der Waals surface area (Å²) < 4.78 is 0. The molecule has 3 rings (SSSR count). The number of hydrogen-bond acceptors (Lipinski definition) is 2. The third kappa shape index (κ3) is 4.12. The molecule has 1 aliphatic heterocycles. The van der Waals surface area contributed by atoms with Crippen molar-refractivity contribution in [1.29, 1.82) is 0 Å². The second-order valence-corrected chi connectivity index (χ2v) is 7.11. The maximum absolute atomic E-state index is 6.03. The lowest BCUT2D eigenvalue weighted by Crippen LogP contribution is -2.50. The maximum atomic E-state index is 6.03. The van der Waals surface area contributed by atoms with E-state index in [1.165, 1.54) is 11.3 Å². The molecule has 0 amide bonds. The van der Waals surface area contributed by atoms with E-state index in [1.54, 1.807) is 6.07 Å². The number of aryl methyl sites for hydroxylation is 1. The minimum atomic E-state index is 0.595. The van der Waals surface area contributed by atoms with Crippen LogP contribution in [-0.2, 0) is 0 Å². The first-order chi connectivity index (χ1) is 11.5. The third-order valence-electron chi connectivity index (χ3n) is 4.14. The Morgan fingerprint density at radius 2 is 1.62 bits per heavy atom. The summed E-state index contributed by atoms with van der Waals surface area (Å²) in [7, 11) is 0. The Bertz CT molecular complexity index is 723. The predicted molar refractivity (Wildman–Crippen MR) is 108 cm³/mol. The largest absolute Gasteiger partial charge is 0.368 e. The number of anilines is 2. The van der Waals surface area contributed by atoms with Crippen LogP contribution in [-0.4, -0.2) is 36.2 Å². The van der Waals surface area contributed by atoms with Crippen molar-refractivity contribution in [3.8, 4) is 0 Å². The van der Waals surface area contributed by atoms with Crippen molar-refractivity contribution in [2.24, 2.45) is 0 Å². The number of para-hydroxylation sites is 1. The fraction of sp³-hybridized carbons (Fsp3) is 0.278. The van der Waals surface area contributed by atoms with Crippen molar-refractivity contribution in [3.63, 3.8) is 0 Å². The lowest BCUT2D eigenvalue weighted by molar-refractivity contribution is 0.390. The first kappa shape index (κ1) is 17.3. The molecule has 0 aliphatic carbocycles. The van der Waals surface area contributed by atoms with Crippen molar-refractivity contribution in [1.82, 2.24) is 4.90 Å². The van der Waals surface area contributed by atoms with Crippen molar-refractivity contribution >= 4 is 51.9 Å². The Kier molecular flexibility index (Phi) is 5.49. The van der Waals surface area contributed by atoms with Gasteiger partial charge in [-0.15, -0.1) is 0 Å². The molecule has 3 nitrogen and oxygen atoms in total. The van der Waals surface area contributed by atoms with Gasteiger partial charge in [0.25, 0.3) is 0 Å². The van der Waals surface area contributed by atoms with E-state index >= 15 is 0 Å². The Labute approximate surface area is 158 Å². The zero-order valence-electron chi connectivity index (χ0n) is 13.4. The number of benzene rings is 2. The van der Waals surface area contributed by atoms with Gasteiger partial charge in [-0.3, -0.25) is 0 Å². The molecule has 1 heterocycles. The van der Waals surface area contributed by atoms with Gasteiger partial charge in [-0.05, 0) is 49.0 Å². The van der Waals surface area contributed by atoms with E-state index in [2.05, 4.69) is 46.3 Å². The number of piperazine rings is 1. The monoisotopic (exact) mass is 379 g/mol. The van der Waals surface area contributed by atoms with Gasteiger partial charge in [-0.2, -0.15) is 0 Å². The number of thiocarbonyl (C=S) groups is 1. The fourth-order valence-corrected chi connectivity index (χ4v) is 3.72. The Hall–Kier alpha value is -1.49. The van der Waals surface area contributed by atoms with E-state index < -0.39 is 0 Å². The Morgan fingerprint density at radius 3 is 2.25 bits per heavy atom. The molecule has 0 unspecified atom stereocenters. The van der Waals surface area contributed by atoms with Crippen LogP contribution in [0.1, 0.15) is 5.56 Å². The molecule has 24 heavy (non-hydrogen) atoms. The van der Waals surface area contributed by atoms with E-state index in [0.717, 1.165) is 31.9 Å². The van der Waals surface area contributed by atoms with Crippen LogP contribution in [0.5, 0.6) is 0 Å². The van der Waals surface area contributed by atoms with Crippen LogP contribution >= 0.6 is 35.4 Å². The topological polar surface area (TPSA) is 18.5 Å². The van der Waals surface area contributed by atoms with Crippen LogP contribution in [0.2, 0.25) is 10.0 Å². The van der Waals surface area contributed by atoms with E-state index in [9.17, 15) is 0 Å². The van der Waals surface area contributed by atoms with E-state index in [-0.39, 0.29) is 0 Å². The van der Waals surface area contributed by atoms with Gasteiger partial charge >= 0.3 is 0 Å². The molecule has 1 N–H and O–H groups in total. The molecule has 2 aromatic rings. The van der Waals surface area contributed by atoms with Gasteiger partial charge in [-0.25, -0.2) is 0 Å². The van der Waals surface area contributed by atoms with E-state index in [4.69, 9.17) is 35.4 Å². The number of hydrogen-bond donors (Lipinski definition) is 1. The van der Waals surface area contributed by atoms with Crippen LogP contribution in [0.25, 0.3) is 0 Å². The smallest absolute Gasteiger partial charge is 0.173 e. The van der Waals surface area contributed by atoms with Gasteiger partial charge in [0.1, 0.15) is 0 Å². The highest BCUT2D eigenvalue weighted by molar-refractivity contribution is 7.80. The van der Waals surface area contributed by atoms with Crippen molar-refractivity contribution in [2.45, 2.75) is 6.92 Å². The Morgan fingerprint density at radius 1 is 1.00 bits per heavy atom. The SMILES string of the molecule is Cc1ccccc1N1CCN(C(=S)Nc2cc(Cl)cc(Cl)c2)CC1. The van der Waals surface area contributed by atoms with Crippen molar-refractivity contribution in [3.05, 3.63) is 58.1 Å². The zero-order valence-corrected chi connectivity index (χ0v) is 15.8. The minimum Gasteiger partial charge on any atom is -0.368 e. The first-order valence-corrected chi connectivity index (χ1v) is 9.02. The molecule has 126 valence electrons. The van der Waals surface area contributed by atoms with Crippen molar-refractivity contribution < 1.29 is 0 Å². The average Bonchev–Trinajstić information content (AvgIpc) is 2.54. The van der Waals surface area contributed by atoms with Crippen LogP contribution < -0.4 is 10.2 Å². The number of nitrogens with zero attached hydrogens (tertiary/aromatic N) is 2. The number of halogens is 2. The summed E-state index contributed by atoms with van der Waals surface area (Å²) in [6.45, 7) is 5.81. The van der Waals surface area contributed by atoms with Crippen molar-refractivity contribution in [2.75, 3.05) is 36.4 Å². The second-order valence-electron chi connectivity index (χ2n) is 5.85. The highest BCUT2D eigenvalue weighted by atomic mass is 35.5. The molecule has 1 aliphatic rings. The third-order valence-corrected chi connectivity index (χ3v) is 4.93. The van der Waals surface area contributed by atoms with Gasteiger partial charge in [0.2, 0.25) is 0 Å². The van der Waals surface area contributed by atoms with Crippen LogP contribution in [0.3, 0.4) is 0 Å². The molecule has 2 aromatic carbocycles. The van der Waals surface area contributed by atoms with Crippen LogP contribution in [0, 0.1) is 6.92 Å². The molecular formula is C18H19Cl2N3S.